The highest BCUT2D eigenvalue weighted by molar-refractivity contribution is 6.16. The number of oxime groups is 1. The molecule has 0 aromatic heterocycles. The van der Waals surface area contributed by atoms with E-state index in [2.05, 4.69) is 9.89 Å². The van der Waals surface area contributed by atoms with Gasteiger partial charge >= 0.3 is 11.9 Å². The highest BCUT2D eigenvalue weighted by Gasteiger charge is 2.47. The maximum Gasteiger partial charge on any atom is 0.351 e. The number of aryl methyl sites for hydroxylation is 3. The lowest BCUT2D eigenvalue weighted by Crippen LogP contribution is -2.38. The van der Waals surface area contributed by atoms with E-state index in [9.17, 15) is 9.59 Å². The molecule has 0 spiro atoms. The number of hydrogen-bond acceptors (Lipinski definition) is 6. The van der Waals surface area contributed by atoms with Crippen molar-refractivity contribution < 1.29 is 23.9 Å². The maximum absolute atomic E-state index is 12.1. The molecule has 6 nitrogen and oxygen atoms in total. The summed E-state index contributed by atoms with van der Waals surface area (Å²) in [6.45, 7) is 5.85. The number of methoxy groups -OCH3 is 2. The van der Waals surface area contributed by atoms with Gasteiger partial charge < -0.3 is 14.3 Å². The molecule has 1 aliphatic heterocycles. The predicted molar refractivity (Wildman–Crippen MR) is 79.6 cm³/mol. The SMILES string of the molecule is COC(=O)[C@@H]1C(c2c(C)cc(C)cc2C)=NO[C@H]1C(=O)OC. The van der Waals surface area contributed by atoms with Crippen LogP contribution in [0.25, 0.3) is 0 Å². The van der Waals surface area contributed by atoms with Gasteiger partial charge in [0.25, 0.3) is 0 Å². The third-order valence-corrected chi connectivity index (χ3v) is 3.68. The first kappa shape index (κ1) is 16.0. The van der Waals surface area contributed by atoms with Crippen molar-refractivity contribution in [3.8, 4) is 0 Å². The molecule has 2 rings (SSSR count). The van der Waals surface area contributed by atoms with Crippen LogP contribution in [0.15, 0.2) is 17.3 Å². The van der Waals surface area contributed by atoms with Gasteiger partial charge in [0.2, 0.25) is 6.10 Å². The molecule has 118 valence electrons. The van der Waals surface area contributed by atoms with Crippen LogP contribution in [0.5, 0.6) is 0 Å². The fourth-order valence-electron chi connectivity index (χ4n) is 2.82. The molecule has 0 N–H and O–H groups in total. The fourth-order valence-corrected chi connectivity index (χ4v) is 2.82. The van der Waals surface area contributed by atoms with Gasteiger partial charge in [-0.2, -0.15) is 0 Å². The first-order valence-electron chi connectivity index (χ1n) is 6.88. The van der Waals surface area contributed by atoms with Crippen LogP contribution >= 0.6 is 0 Å². The van der Waals surface area contributed by atoms with Gasteiger partial charge in [0.15, 0.2) is 5.92 Å². The zero-order valence-electron chi connectivity index (χ0n) is 13.3. The molecule has 0 aliphatic carbocycles. The number of benzene rings is 1. The number of nitrogens with zero attached hydrogens (tertiary/aromatic N) is 1. The van der Waals surface area contributed by atoms with Crippen molar-refractivity contribution in [1.82, 2.24) is 0 Å². The van der Waals surface area contributed by atoms with Crippen molar-refractivity contribution in [1.29, 1.82) is 0 Å². The third-order valence-electron chi connectivity index (χ3n) is 3.68. The summed E-state index contributed by atoms with van der Waals surface area (Å²) >= 11 is 0. The summed E-state index contributed by atoms with van der Waals surface area (Å²) in [6, 6.07) is 3.98. The summed E-state index contributed by atoms with van der Waals surface area (Å²) in [5.74, 6) is -2.17. The third kappa shape index (κ3) is 2.68. The van der Waals surface area contributed by atoms with Gasteiger partial charge in [-0.15, -0.1) is 0 Å². The molecule has 2 atom stereocenters. The summed E-state index contributed by atoms with van der Waals surface area (Å²) in [5, 5.41) is 3.97. The van der Waals surface area contributed by atoms with Crippen LogP contribution in [0, 0.1) is 26.7 Å². The first-order valence-corrected chi connectivity index (χ1v) is 6.88. The van der Waals surface area contributed by atoms with Crippen LogP contribution in [0.2, 0.25) is 0 Å². The second kappa shape index (κ2) is 6.17. The molecule has 6 heteroatoms. The Morgan fingerprint density at radius 3 is 2.09 bits per heavy atom. The summed E-state index contributed by atoms with van der Waals surface area (Å²) in [4.78, 5) is 29.1. The van der Waals surface area contributed by atoms with E-state index in [-0.39, 0.29) is 0 Å². The Labute approximate surface area is 129 Å². The molecule has 0 saturated carbocycles. The molecule has 0 amide bonds. The van der Waals surface area contributed by atoms with Crippen LogP contribution in [0.4, 0.5) is 0 Å². The van der Waals surface area contributed by atoms with E-state index in [4.69, 9.17) is 9.57 Å². The van der Waals surface area contributed by atoms with Crippen LogP contribution in [-0.4, -0.2) is 38.0 Å². The standard InChI is InChI=1S/C16H19NO5/c1-8-6-9(2)11(10(3)7-8)13-12(15(18)20-4)14(22-17-13)16(19)21-5/h6-7,12,14H,1-5H3/t12-,14-/m1/s1. The molecule has 22 heavy (non-hydrogen) atoms. The quantitative estimate of drug-likeness (QED) is 0.794. The number of carbonyl (C=O) groups excluding carboxylic acids is 2. The summed E-state index contributed by atoms with van der Waals surface area (Å²) in [6.07, 6.45) is -1.12. The van der Waals surface area contributed by atoms with Crippen LogP contribution in [0.1, 0.15) is 22.3 Å². The molecule has 1 heterocycles. The summed E-state index contributed by atoms with van der Waals surface area (Å²) < 4.78 is 9.48. The van der Waals surface area contributed by atoms with Crippen LogP contribution in [-0.2, 0) is 23.9 Å². The number of rotatable bonds is 3. The first-order chi connectivity index (χ1) is 10.4. The molecule has 0 saturated heterocycles. The van der Waals surface area contributed by atoms with Gasteiger partial charge in [-0.1, -0.05) is 22.9 Å². The van der Waals surface area contributed by atoms with Crippen molar-refractivity contribution in [2.75, 3.05) is 14.2 Å². The normalized spacial score (nSPS) is 20.1. The number of ether oxygens (including phenoxy) is 2. The van der Waals surface area contributed by atoms with Gasteiger partial charge in [-0.25, -0.2) is 4.79 Å². The van der Waals surface area contributed by atoms with E-state index in [0.29, 0.717) is 5.71 Å². The Kier molecular flexibility index (Phi) is 4.49. The van der Waals surface area contributed by atoms with Crippen LogP contribution in [0.3, 0.4) is 0 Å². The van der Waals surface area contributed by atoms with Crippen molar-refractivity contribution in [3.63, 3.8) is 0 Å². The molecule has 0 fully saturated rings. The van der Waals surface area contributed by atoms with E-state index in [1.807, 2.05) is 32.9 Å². The lowest BCUT2D eigenvalue weighted by Gasteiger charge is -2.17. The Balaban J connectivity index is 2.50. The van der Waals surface area contributed by atoms with E-state index >= 15 is 0 Å². The molecule has 1 aromatic rings. The smallest absolute Gasteiger partial charge is 0.351 e. The molecule has 0 bridgehead atoms. The van der Waals surface area contributed by atoms with Gasteiger partial charge in [-0.05, 0) is 31.9 Å². The van der Waals surface area contributed by atoms with Gasteiger partial charge in [0.05, 0.1) is 14.2 Å². The predicted octanol–water partition coefficient (Wildman–Crippen LogP) is 1.68. The fraction of sp³-hybridized carbons (Fsp3) is 0.438. The van der Waals surface area contributed by atoms with Gasteiger partial charge in [0.1, 0.15) is 5.71 Å². The Bertz CT molecular complexity index is 627. The lowest BCUT2D eigenvalue weighted by molar-refractivity contribution is -0.161. The van der Waals surface area contributed by atoms with Crippen molar-refractivity contribution in [3.05, 3.63) is 34.4 Å². The minimum Gasteiger partial charge on any atom is -0.468 e. The van der Waals surface area contributed by atoms with Crippen molar-refractivity contribution >= 4 is 17.7 Å². The highest BCUT2D eigenvalue weighted by atomic mass is 16.7. The average Bonchev–Trinajstić information content (AvgIpc) is 2.89. The second-order valence-corrected chi connectivity index (χ2v) is 5.30. The van der Waals surface area contributed by atoms with Crippen molar-refractivity contribution in [2.45, 2.75) is 26.9 Å². The zero-order valence-corrected chi connectivity index (χ0v) is 13.3. The van der Waals surface area contributed by atoms with Gasteiger partial charge in [-0.3, -0.25) is 4.79 Å². The average molecular weight is 305 g/mol. The van der Waals surface area contributed by atoms with E-state index in [1.54, 1.807) is 0 Å². The maximum atomic E-state index is 12.1. The summed E-state index contributed by atoms with van der Waals surface area (Å²) in [5.41, 5.74) is 4.22. The van der Waals surface area contributed by atoms with E-state index in [0.717, 1.165) is 22.3 Å². The van der Waals surface area contributed by atoms with Gasteiger partial charge in [0, 0.05) is 5.56 Å². The number of carbonyl (C=O) groups is 2. The second-order valence-electron chi connectivity index (χ2n) is 5.30. The largest absolute Gasteiger partial charge is 0.468 e. The van der Waals surface area contributed by atoms with Crippen molar-refractivity contribution in [2.24, 2.45) is 11.1 Å². The molecule has 0 radical (unpaired) electrons. The lowest BCUT2D eigenvalue weighted by atomic mass is 9.87. The molecule has 0 unspecified atom stereocenters. The number of hydrogen-bond donors (Lipinski definition) is 0. The molecule has 1 aromatic carbocycles. The topological polar surface area (TPSA) is 74.2 Å². The van der Waals surface area contributed by atoms with E-state index in [1.165, 1.54) is 14.2 Å². The Hall–Kier alpha value is -2.37. The van der Waals surface area contributed by atoms with E-state index < -0.39 is 24.0 Å². The number of esters is 2. The Morgan fingerprint density at radius 2 is 1.59 bits per heavy atom. The Morgan fingerprint density at radius 1 is 1.05 bits per heavy atom. The summed E-state index contributed by atoms with van der Waals surface area (Å²) in [7, 11) is 2.50. The molecular formula is C16H19NO5. The molecular weight excluding hydrogens is 286 g/mol. The zero-order chi connectivity index (χ0) is 16.4. The highest BCUT2D eigenvalue weighted by Crippen LogP contribution is 2.29. The monoisotopic (exact) mass is 305 g/mol. The molecule has 1 aliphatic rings. The minimum absolute atomic E-state index is 0.400. The van der Waals surface area contributed by atoms with Crippen LogP contribution < -0.4 is 0 Å². The minimum atomic E-state index is -1.12.